The Hall–Kier alpha value is -2.03. The number of furan rings is 1. The lowest BCUT2D eigenvalue weighted by Gasteiger charge is -2.15. The van der Waals surface area contributed by atoms with E-state index < -0.39 is 5.97 Å². The van der Waals surface area contributed by atoms with Crippen LogP contribution >= 0.6 is 0 Å². The van der Waals surface area contributed by atoms with E-state index in [0.717, 1.165) is 24.2 Å². The van der Waals surface area contributed by atoms with E-state index in [9.17, 15) is 4.79 Å². The van der Waals surface area contributed by atoms with Crippen molar-refractivity contribution in [1.82, 2.24) is 0 Å². The zero-order valence-electron chi connectivity index (χ0n) is 11.0. The molecule has 0 aliphatic heterocycles. The molecule has 0 saturated carbocycles. The average Bonchev–Trinajstić information content (AvgIpc) is 2.88. The van der Waals surface area contributed by atoms with Gasteiger partial charge in [0.15, 0.2) is 0 Å². The number of rotatable bonds is 6. The van der Waals surface area contributed by atoms with Gasteiger partial charge in [-0.2, -0.15) is 0 Å². The Balaban J connectivity index is 2.06. The van der Waals surface area contributed by atoms with E-state index in [2.05, 4.69) is 0 Å². The van der Waals surface area contributed by atoms with Crippen molar-refractivity contribution in [3.05, 3.63) is 59.5 Å². The first-order valence-corrected chi connectivity index (χ1v) is 6.46. The van der Waals surface area contributed by atoms with Crippen LogP contribution in [0.25, 0.3) is 0 Å². The molecule has 0 fully saturated rings. The maximum Gasteiger partial charge on any atom is 0.303 e. The first kappa shape index (κ1) is 13.4. The maximum absolute atomic E-state index is 11.0. The standard InChI is InChI=1S/C16H18O3/c1-12-4-6-13(7-5-12)14(11-16(17)18)8-9-15-3-2-10-19-15/h2-7,10,14H,8-9,11H2,1H3,(H,17,18). The highest BCUT2D eigenvalue weighted by atomic mass is 16.4. The summed E-state index contributed by atoms with van der Waals surface area (Å²) < 4.78 is 5.30. The lowest BCUT2D eigenvalue weighted by molar-refractivity contribution is -0.137. The van der Waals surface area contributed by atoms with Crippen molar-refractivity contribution >= 4 is 5.97 Å². The Morgan fingerprint density at radius 2 is 2.00 bits per heavy atom. The first-order chi connectivity index (χ1) is 9.15. The molecule has 0 radical (unpaired) electrons. The number of aliphatic carboxylic acids is 1. The van der Waals surface area contributed by atoms with E-state index in [0.29, 0.717) is 0 Å². The van der Waals surface area contributed by atoms with Gasteiger partial charge < -0.3 is 9.52 Å². The molecule has 3 heteroatoms. The predicted octanol–water partition coefficient (Wildman–Crippen LogP) is 3.78. The van der Waals surface area contributed by atoms with Crippen molar-refractivity contribution in [3.63, 3.8) is 0 Å². The molecule has 100 valence electrons. The smallest absolute Gasteiger partial charge is 0.303 e. The average molecular weight is 258 g/mol. The van der Waals surface area contributed by atoms with Crippen LogP contribution in [-0.4, -0.2) is 11.1 Å². The van der Waals surface area contributed by atoms with Gasteiger partial charge in [0.25, 0.3) is 0 Å². The van der Waals surface area contributed by atoms with E-state index in [1.807, 2.05) is 43.3 Å². The Kier molecular flexibility index (Phi) is 4.39. The number of aryl methyl sites for hydroxylation is 2. The molecular weight excluding hydrogens is 240 g/mol. The van der Waals surface area contributed by atoms with Gasteiger partial charge >= 0.3 is 5.97 Å². The predicted molar refractivity (Wildman–Crippen MR) is 73.2 cm³/mol. The minimum atomic E-state index is -0.759. The molecule has 1 aromatic carbocycles. The summed E-state index contributed by atoms with van der Waals surface area (Å²) in [5.74, 6) is 0.177. The van der Waals surface area contributed by atoms with Gasteiger partial charge in [-0.3, -0.25) is 4.79 Å². The third-order valence-corrected chi connectivity index (χ3v) is 3.29. The van der Waals surface area contributed by atoms with Crippen LogP contribution in [0.2, 0.25) is 0 Å². The maximum atomic E-state index is 11.0. The van der Waals surface area contributed by atoms with Crippen molar-refractivity contribution in [2.24, 2.45) is 0 Å². The molecule has 1 aromatic heterocycles. The van der Waals surface area contributed by atoms with Crippen molar-refractivity contribution < 1.29 is 14.3 Å². The second-order valence-corrected chi connectivity index (χ2v) is 4.82. The van der Waals surface area contributed by atoms with Gasteiger partial charge in [0, 0.05) is 6.42 Å². The fourth-order valence-corrected chi connectivity index (χ4v) is 2.21. The molecule has 0 bridgehead atoms. The Bertz CT molecular complexity index is 511. The number of hydrogen-bond donors (Lipinski definition) is 1. The van der Waals surface area contributed by atoms with E-state index in [4.69, 9.17) is 9.52 Å². The molecule has 0 aliphatic rings. The Morgan fingerprint density at radius 3 is 2.58 bits per heavy atom. The normalized spacial score (nSPS) is 12.3. The zero-order valence-corrected chi connectivity index (χ0v) is 11.0. The van der Waals surface area contributed by atoms with Gasteiger partial charge in [-0.25, -0.2) is 0 Å². The molecule has 2 aromatic rings. The highest BCUT2D eigenvalue weighted by Gasteiger charge is 2.16. The van der Waals surface area contributed by atoms with E-state index in [-0.39, 0.29) is 12.3 Å². The van der Waals surface area contributed by atoms with Crippen molar-refractivity contribution in [2.75, 3.05) is 0 Å². The topological polar surface area (TPSA) is 50.4 Å². The summed E-state index contributed by atoms with van der Waals surface area (Å²) in [7, 11) is 0. The molecule has 1 N–H and O–H groups in total. The summed E-state index contributed by atoms with van der Waals surface area (Å²) in [4.78, 5) is 11.0. The van der Waals surface area contributed by atoms with Gasteiger partial charge in [0.1, 0.15) is 5.76 Å². The van der Waals surface area contributed by atoms with Gasteiger partial charge in [-0.15, -0.1) is 0 Å². The minimum absolute atomic E-state index is 0.0307. The van der Waals surface area contributed by atoms with Gasteiger partial charge in [0.05, 0.1) is 12.7 Å². The van der Waals surface area contributed by atoms with Gasteiger partial charge in [0.2, 0.25) is 0 Å². The van der Waals surface area contributed by atoms with E-state index >= 15 is 0 Å². The quantitative estimate of drug-likeness (QED) is 0.857. The monoisotopic (exact) mass is 258 g/mol. The molecule has 1 unspecified atom stereocenters. The van der Waals surface area contributed by atoms with Crippen molar-refractivity contribution in [1.29, 1.82) is 0 Å². The summed E-state index contributed by atoms with van der Waals surface area (Å²) in [5.41, 5.74) is 2.27. The molecule has 19 heavy (non-hydrogen) atoms. The molecule has 0 saturated heterocycles. The van der Waals surface area contributed by atoms with E-state index in [1.54, 1.807) is 6.26 Å². The van der Waals surface area contributed by atoms with Crippen LogP contribution in [0.15, 0.2) is 47.1 Å². The molecule has 0 spiro atoms. The Labute approximate surface area is 112 Å². The number of carbonyl (C=O) groups is 1. The third kappa shape index (κ3) is 3.98. The van der Waals surface area contributed by atoms with Gasteiger partial charge in [-0.05, 0) is 37.0 Å². The summed E-state index contributed by atoms with van der Waals surface area (Å²) in [6.07, 6.45) is 3.35. The van der Waals surface area contributed by atoms with Crippen LogP contribution in [0.3, 0.4) is 0 Å². The molecular formula is C16H18O3. The van der Waals surface area contributed by atoms with Crippen LogP contribution in [0, 0.1) is 6.92 Å². The fourth-order valence-electron chi connectivity index (χ4n) is 2.21. The number of carboxylic acids is 1. The molecule has 3 nitrogen and oxygen atoms in total. The van der Waals surface area contributed by atoms with Crippen LogP contribution < -0.4 is 0 Å². The van der Waals surface area contributed by atoms with Crippen LogP contribution in [0.1, 0.15) is 35.6 Å². The molecule has 0 aliphatic carbocycles. The molecule has 1 atom stereocenters. The lowest BCUT2D eigenvalue weighted by atomic mass is 9.90. The second-order valence-electron chi connectivity index (χ2n) is 4.82. The zero-order chi connectivity index (χ0) is 13.7. The second kappa shape index (κ2) is 6.23. The first-order valence-electron chi connectivity index (χ1n) is 6.46. The highest BCUT2D eigenvalue weighted by molar-refractivity contribution is 5.68. The summed E-state index contributed by atoms with van der Waals surface area (Å²) in [6, 6.07) is 11.9. The van der Waals surface area contributed by atoms with Crippen molar-refractivity contribution in [2.45, 2.75) is 32.1 Å². The lowest BCUT2D eigenvalue weighted by Crippen LogP contribution is -2.07. The van der Waals surface area contributed by atoms with Crippen LogP contribution in [-0.2, 0) is 11.2 Å². The molecule has 0 amide bonds. The minimum Gasteiger partial charge on any atom is -0.481 e. The fraction of sp³-hybridized carbons (Fsp3) is 0.312. The van der Waals surface area contributed by atoms with E-state index in [1.165, 1.54) is 5.56 Å². The van der Waals surface area contributed by atoms with Crippen LogP contribution in [0.5, 0.6) is 0 Å². The molecule has 2 rings (SSSR count). The largest absolute Gasteiger partial charge is 0.481 e. The summed E-state index contributed by atoms with van der Waals surface area (Å²) in [6.45, 7) is 2.03. The SMILES string of the molecule is Cc1ccc(C(CCc2ccco2)CC(=O)O)cc1. The third-order valence-electron chi connectivity index (χ3n) is 3.29. The number of hydrogen-bond acceptors (Lipinski definition) is 2. The highest BCUT2D eigenvalue weighted by Crippen LogP contribution is 2.25. The van der Waals surface area contributed by atoms with Crippen LogP contribution in [0.4, 0.5) is 0 Å². The summed E-state index contributed by atoms with van der Waals surface area (Å²) in [5, 5.41) is 9.03. The summed E-state index contributed by atoms with van der Waals surface area (Å²) >= 11 is 0. The number of carboxylic acid groups (broad SMARTS) is 1. The van der Waals surface area contributed by atoms with Crippen molar-refractivity contribution in [3.8, 4) is 0 Å². The number of benzene rings is 1. The van der Waals surface area contributed by atoms with Gasteiger partial charge in [-0.1, -0.05) is 29.8 Å². The Morgan fingerprint density at radius 1 is 1.26 bits per heavy atom. The molecule has 1 heterocycles.